The van der Waals surface area contributed by atoms with E-state index in [0.29, 0.717) is 11.1 Å². The van der Waals surface area contributed by atoms with Crippen LogP contribution in [-0.4, -0.2) is 5.78 Å². The Morgan fingerprint density at radius 3 is 2.00 bits per heavy atom. The van der Waals surface area contributed by atoms with Gasteiger partial charge in [0.15, 0.2) is 0 Å². The molecule has 3 aromatic rings. The molecule has 2 heteroatoms. The predicted molar refractivity (Wildman–Crippen MR) is 93.3 cm³/mol. The van der Waals surface area contributed by atoms with Gasteiger partial charge in [0.2, 0.25) is 11.5 Å². The van der Waals surface area contributed by atoms with E-state index in [2.05, 4.69) is 0 Å². The van der Waals surface area contributed by atoms with Crippen molar-refractivity contribution in [2.24, 2.45) is 0 Å². The summed E-state index contributed by atoms with van der Waals surface area (Å²) in [5.41, 5.74) is 1.06. The van der Waals surface area contributed by atoms with Gasteiger partial charge >= 0.3 is 0 Å². The van der Waals surface area contributed by atoms with Gasteiger partial charge in [-0.1, -0.05) is 84.9 Å². The lowest BCUT2D eigenvalue weighted by atomic mass is 9.75. The van der Waals surface area contributed by atoms with Crippen LogP contribution < -0.4 is 0 Å². The van der Waals surface area contributed by atoms with Gasteiger partial charge in [-0.05, 0) is 22.8 Å². The van der Waals surface area contributed by atoms with Crippen molar-refractivity contribution in [2.75, 3.05) is 0 Å². The highest BCUT2D eigenvalue weighted by Gasteiger charge is 2.45. The topological polar surface area (TPSA) is 17.1 Å². The number of fused-ring (bicyclic) bond motifs is 1. The zero-order chi connectivity index (χ0) is 16.6. The van der Waals surface area contributed by atoms with Crippen LogP contribution in [0.4, 0.5) is 4.39 Å². The Bertz CT molecular complexity index is 928. The largest absolute Gasteiger partial charge is 0.290 e. The van der Waals surface area contributed by atoms with Gasteiger partial charge < -0.3 is 0 Å². The van der Waals surface area contributed by atoms with Crippen molar-refractivity contribution >= 4 is 11.4 Å². The maximum Gasteiger partial charge on any atom is 0.223 e. The summed E-state index contributed by atoms with van der Waals surface area (Å²) in [6.07, 6.45) is 1.44. The monoisotopic (exact) mass is 314 g/mol. The minimum absolute atomic E-state index is 0.366. The first-order valence-corrected chi connectivity index (χ1v) is 7.87. The van der Waals surface area contributed by atoms with E-state index in [1.165, 1.54) is 6.08 Å². The van der Waals surface area contributed by atoms with Crippen molar-refractivity contribution in [3.8, 4) is 0 Å². The fraction of sp³-hybridized carbons (Fsp3) is 0.0455. The first-order valence-electron chi connectivity index (χ1n) is 7.87. The number of carbonyl (C=O) groups is 1. The summed E-state index contributed by atoms with van der Waals surface area (Å²) in [5.74, 6) is -0.536. The van der Waals surface area contributed by atoms with E-state index >= 15 is 4.39 Å². The minimum atomic E-state index is -2.14. The molecule has 1 nitrogen and oxygen atoms in total. The molecule has 0 radical (unpaired) electrons. The van der Waals surface area contributed by atoms with E-state index in [9.17, 15) is 4.79 Å². The highest BCUT2D eigenvalue weighted by molar-refractivity contribution is 6.11. The van der Waals surface area contributed by atoms with Gasteiger partial charge in [-0.2, -0.15) is 0 Å². The third-order valence-corrected chi connectivity index (χ3v) is 4.46. The molecule has 0 fully saturated rings. The molecule has 0 bridgehead atoms. The van der Waals surface area contributed by atoms with Crippen molar-refractivity contribution in [1.29, 1.82) is 0 Å². The van der Waals surface area contributed by atoms with Crippen molar-refractivity contribution in [3.05, 3.63) is 113 Å². The van der Waals surface area contributed by atoms with E-state index in [1.54, 1.807) is 36.4 Å². The van der Waals surface area contributed by atoms with E-state index in [4.69, 9.17) is 0 Å². The van der Waals surface area contributed by atoms with Crippen LogP contribution in [0.1, 0.15) is 22.3 Å². The lowest BCUT2D eigenvalue weighted by Crippen LogP contribution is -2.35. The molecule has 0 saturated carbocycles. The number of hydrogen-bond acceptors (Lipinski definition) is 1. The fourth-order valence-corrected chi connectivity index (χ4v) is 3.28. The molecule has 1 aliphatic carbocycles. The van der Waals surface area contributed by atoms with Crippen molar-refractivity contribution < 1.29 is 9.18 Å². The molecule has 0 heterocycles. The molecule has 24 heavy (non-hydrogen) atoms. The molecule has 1 aliphatic rings. The van der Waals surface area contributed by atoms with Crippen LogP contribution in [-0.2, 0) is 10.5 Å². The molecule has 0 spiro atoms. The molecule has 116 valence electrons. The van der Waals surface area contributed by atoms with E-state index < -0.39 is 11.5 Å². The number of rotatable bonds is 2. The Morgan fingerprint density at radius 2 is 1.29 bits per heavy atom. The number of carbonyl (C=O) groups excluding carboxylic acids is 1. The summed E-state index contributed by atoms with van der Waals surface area (Å²) in [6.45, 7) is 0. The Balaban J connectivity index is 1.97. The van der Waals surface area contributed by atoms with Gasteiger partial charge in [0.05, 0.1) is 0 Å². The summed E-state index contributed by atoms with van der Waals surface area (Å²) in [6, 6.07) is 25.5. The molecule has 0 saturated heterocycles. The molecule has 0 unspecified atom stereocenters. The summed E-state index contributed by atoms with van der Waals surface area (Å²) >= 11 is 0. The fourth-order valence-electron chi connectivity index (χ4n) is 3.28. The standard InChI is InChI=1S/C22H15FO/c23-22(17-11-5-2-6-12-17)20-14-8-7-13-18(20)19(15-21(22)24)16-9-3-1-4-10-16/h1-15H/t22-/m0/s1. The quantitative estimate of drug-likeness (QED) is 0.656. The highest BCUT2D eigenvalue weighted by Crippen LogP contribution is 2.44. The number of halogens is 1. The smallest absolute Gasteiger partial charge is 0.223 e. The molecule has 0 amide bonds. The average Bonchev–Trinajstić information content (AvgIpc) is 2.66. The van der Waals surface area contributed by atoms with Gasteiger partial charge in [-0.25, -0.2) is 4.39 Å². The number of benzene rings is 3. The summed E-state index contributed by atoms with van der Waals surface area (Å²) in [4.78, 5) is 12.8. The summed E-state index contributed by atoms with van der Waals surface area (Å²) in [5, 5.41) is 0. The molecule has 1 atom stereocenters. The average molecular weight is 314 g/mol. The van der Waals surface area contributed by atoms with Crippen LogP contribution in [0.2, 0.25) is 0 Å². The van der Waals surface area contributed by atoms with Gasteiger partial charge in [-0.3, -0.25) is 4.79 Å². The molecule has 0 aromatic heterocycles. The van der Waals surface area contributed by atoms with Crippen LogP contribution >= 0.6 is 0 Å². The van der Waals surface area contributed by atoms with Crippen molar-refractivity contribution in [3.63, 3.8) is 0 Å². The van der Waals surface area contributed by atoms with Crippen molar-refractivity contribution in [1.82, 2.24) is 0 Å². The number of hydrogen-bond donors (Lipinski definition) is 0. The number of ketones is 1. The minimum Gasteiger partial charge on any atom is -0.290 e. The first kappa shape index (κ1) is 14.6. The predicted octanol–water partition coefficient (Wildman–Crippen LogP) is 4.91. The molecular formula is C22H15FO. The Hall–Kier alpha value is -3.00. The van der Waals surface area contributed by atoms with E-state index in [-0.39, 0.29) is 0 Å². The normalized spacial score (nSPS) is 19.5. The van der Waals surface area contributed by atoms with E-state index in [1.807, 2.05) is 48.5 Å². The molecule has 4 rings (SSSR count). The van der Waals surface area contributed by atoms with Crippen LogP contribution in [0.15, 0.2) is 91.0 Å². The Labute approximate surface area is 140 Å². The second kappa shape index (κ2) is 5.57. The molecule has 0 aliphatic heterocycles. The van der Waals surface area contributed by atoms with Crippen LogP contribution in [0.25, 0.3) is 5.57 Å². The zero-order valence-electron chi connectivity index (χ0n) is 12.9. The third kappa shape index (κ3) is 2.11. The third-order valence-electron chi connectivity index (χ3n) is 4.46. The van der Waals surface area contributed by atoms with Crippen LogP contribution in [0.5, 0.6) is 0 Å². The van der Waals surface area contributed by atoms with Gasteiger partial charge in [-0.15, -0.1) is 0 Å². The lowest BCUT2D eigenvalue weighted by molar-refractivity contribution is -0.123. The SMILES string of the molecule is O=C1C=C(c2ccccc2)c2ccccc2[C@@]1(F)c1ccccc1. The molecular weight excluding hydrogens is 299 g/mol. The lowest BCUT2D eigenvalue weighted by Gasteiger charge is -2.31. The Kier molecular flexibility index (Phi) is 3.39. The maximum atomic E-state index is 16.0. The number of alkyl halides is 1. The highest BCUT2D eigenvalue weighted by atomic mass is 19.1. The van der Waals surface area contributed by atoms with Gasteiger partial charge in [0.1, 0.15) is 0 Å². The van der Waals surface area contributed by atoms with Crippen molar-refractivity contribution in [2.45, 2.75) is 5.67 Å². The Morgan fingerprint density at radius 1 is 0.708 bits per heavy atom. The van der Waals surface area contributed by atoms with Crippen LogP contribution in [0.3, 0.4) is 0 Å². The molecule has 3 aromatic carbocycles. The molecule has 0 N–H and O–H groups in total. The van der Waals surface area contributed by atoms with Crippen LogP contribution in [0, 0.1) is 0 Å². The zero-order valence-corrected chi connectivity index (χ0v) is 12.9. The van der Waals surface area contributed by atoms with Gasteiger partial charge in [0.25, 0.3) is 0 Å². The number of allylic oxidation sites excluding steroid dienone is 1. The second-order valence-corrected chi connectivity index (χ2v) is 5.86. The van der Waals surface area contributed by atoms with E-state index in [0.717, 1.165) is 16.7 Å². The van der Waals surface area contributed by atoms with Gasteiger partial charge in [0, 0.05) is 11.1 Å². The summed E-state index contributed by atoms with van der Waals surface area (Å²) in [7, 11) is 0. The second-order valence-electron chi connectivity index (χ2n) is 5.86. The summed E-state index contributed by atoms with van der Waals surface area (Å²) < 4.78 is 16.0. The first-order chi connectivity index (χ1) is 11.7. The maximum absolute atomic E-state index is 16.0.